The maximum atomic E-state index is 12.2. The minimum absolute atomic E-state index is 0.310. The number of aromatic amines is 1. The van der Waals surface area contributed by atoms with Gasteiger partial charge in [0, 0.05) is 37.4 Å². The second-order valence-electron chi connectivity index (χ2n) is 5.67. The molecule has 0 spiro atoms. The largest absolute Gasteiger partial charge is 0.342 e. The van der Waals surface area contributed by atoms with Crippen molar-refractivity contribution < 1.29 is 4.79 Å². The molecule has 0 aromatic carbocycles. The van der Waals surface area contributed by atoms with Crippen LogP contribution < -0.4 is 0 Å². The van der Waals surface area contributed by atoms with Gasteiger partial charge in [-0.2, -0.15) is 5.10 Å². The number of rotatable bonds is 3. The number of H-pyrrole nitrogens is 1. The fourth-order valence-electron chi connectivity index (χ4n) is 3.16. The highest BCUT2D eigenvalue weighted by molar-refractivity contribution is 5.78. The molecule has 0 bridgehead atoms. The number of carbonyl (C=O) groups is 1. The standard InChI is InChI=1S/C14H22N4O/c19-14(18-7-2-1-3-8-18)11-17-9-5-12(10-17)13-4-6-15-16-13/h4,6,12H,1-3,5,7-11H2,(H,15,16)/t12-/m1/s1. The van der Waals surface area contributed by atoms with Gasteiger partial charge < -0.3 is 4.90 Å². The van der Waals surface area contributed by atoms with Gasteiger partial charge in [0.2, 0.25) is 5.91 Å². The molecule has 0 aliphatic carbocycles. The van der Waals surface area contributed by atoms with E-state index < -0.39 is 0 Å². The summed E-state index contributed by atoms with van der Waals surface area (Å²) in [6.45, 7) is 4.49. The Morgan fingerprint density at radius 3 is 2.89 bits per heavy atom. The molecule has 0 radical (unpaired) electrons. The molecule has 2 fully saturated rings. The van der Waals surface area contributed by atoms with Crippen LogP contribution in [0.2, 0.25) is 0 Å². The molecule has 3 rings (SSSR count). The van der Waals surface area contributed by atoms with Crippen molar-refractivity contribution in [2.45, 2.75) is 31.6 Å². The lowest BCUT2D eigenvalue weighted by Crippen LogP contribution is -2.42. The molecule has 1 aromatic heterocycles. The van der Waals surface area contributed by atoms with Crippen molar-refractivity contribution in [3.8, 4) is 0 Å². The summed E-state index contributed by atoms with van der Waals surface area (Å²) in [6.07, 6.45) is 6.53. The Hall–Kier alpha value is -1.36. The van der Waals surface area contributed by atoms with Crippen LogP contribution >= 0.6 is 0 Å². The molecule has 5 nitrogen and oxygen atoms in total. The summed E-state index contributed by atoms with van der Waals surface area (Å²) in [5.41, 5.74) is 1.20. The second-order valence-corrected chi connectivity index (χ2v) is 5.67. The highest BCUT2D eigenvalue weighted by Crippen LogP contribution is 2.25. The summed E-state index contributed by atoms with van der Waals surface area (Å²) in [6, 6.07) is 2.04. The van der Waals surface area contributed by atoms with Crippen molar-refractivity contribution in [1.82, 2.24) is 20.0 Å². The topological polar surface area (TPSA) is 52.2 Å². The first kappa shape index (κ1) is 12.7. The maximum Gasteiger partial charge on any atom is 0.236 e. The molecular weight excluding hydrogens is 240 g/mol. The minimum Gasteiger partial charge on any atom is -0.342 e. The molecule has 3 heterocycles. The number of nitrogens with one attached hydrogen (secondary N) is 1. The number of piperidine rings is 1. The first-order valence-electron chi connectivity index (χ1n) is 7.32. The quantitative estimate of drug-likeness (QED) is 0.891. The van der Waals surface area contributed by atoms with E-state index in [1.807, 2.05) is 11.0 Å². The number of likely N-dealkylation sites (tertiary alicyclic amines) is 2. The third-order valence-electron chi connectivity index (χ3n) is 4.30. The van der Waals surface area contributed by atoms with Gasteiger partial charge >= 0.3 is 0 Å². The van der Waals surface area contributed by atoms with E-state index in [1.54, 1.807) is 6.20 Å². The van der Waals surface area contributed by atoms with E-state index in [4.69, 9.17) is 0 Å². The summed E-state index contributed by atoms with van der Waals surface area (Å²) in [4.78, 5) is 16.5. The molecule has 2 aliphatic rings. The van der Waals surface area contributed by atoms with Gasteiger partial charge in [-0.1, -0.05) is 0 Å². The van der Waals surface area contributed by atoms with E-state index in [2.05, 4.69) is 15.1 Å². The summed E-state index contributed by atoms with van der Waals surface area (Å²) in [5, 5.41) is 7.05. The summed E-state index contributed by atoms with van der Waals surface area (Å²) in [5.74, 6) is 0.821. The molecule has 2 saturated heterocycles. The van der Waals surface area contributed by atoms with Crippen LogP contribution in [-0.4, -0.2) is 58.6 Å². The molecule has 104 valence electrons. The zero-order valence-electron chi connectivity index (χ0n) is 11.3. The Bertz CT molecular complexity index is 411. The van der Waals surface area contributed by atoms with Crippen LogP contribution in [0.3, 0.4) is 0 Å². The van der Waals surface area contributed by atoms with E-state index in [0.29, 0.717) is 18.4 Å². The van der Waals surface area contributed by atoms with Gasteiger partial charge in [-0.05, 0) is 38.3 Å². The van der Waals surface area contributed by atoms with Crippen molar-refractivity contribution in [3.63, 3.8) is 0 Å². The molecule has 5 heteroatoms. The van der Waals surface area contributed by atoms with Crippen LogP contribution in [0.25, 0.3) is 0 Å². The van der Waals surface area contributed by atoms with Gasteiger partial charge in [-0.15, -0.1) is 0 Å². The van der Waals surface area contributed by atoms with Gasteiger partial charge in [-0.3, -0.25) is 14.8 Å². The smallest absolute Gasteiger partial charge is 0.236 e. The van der Waals surface area contributed by atoms with Gasteiger partial charge in [0.25, 0.3) is 0 Å². The number of carbonyl (C=O) groups excluding carboxylic acids is 1. The van der Waals surface area contributed by atoms with Crippen molar-refractivity contribution in [2.24, 2.45) is 0 Å². The van der Waals surface area contributed by atoms with Crippen molar-refractivity contribution in [1.29, 1.82) is 0 Å². The number of nitrogens with zero attached hydrogens (tertiary/aromatic N) is 3. The molecule has 2 aliphatic heterocycles. The Morgan fingerprint density at radius 1 is 1.32 bits per heavy atom. The van der Waals surface area contributed by atoms with Gasteiger partial charge in [0.05, 0.1) is 6.54 Å². The first-order valence-corrected chi connectivity index (χ1v) is 7.32. The van der Waals surface area contributed by atoms with E-state index in [-0.39, 0.29) is 0 Å². The zero-order chi connectivity index (χ0) is 13.1. The molecule has 1 amide bonds. The molecule has 1 aromatic rings. The first-order chi connectivity index (χ1) is 9.33. The Labute approximate surface area is 114 Å². The van der Waals surface area contributed by atoms with Crippen LogP contribution in [0.1, 0.15) is 37.3 Å². The predicted octanol–water partition coefficient (Wildman–Crippen LogP) is 1.21. The fourth-order valence-corrected chi connectivity index (χ4v) is 3.16. The van der Waals surface area contributed by atoms with E-state index in [1.165, 1.54) is 25.0 Å². The fraction of sp³-hybridized carbons (Fsp3) is 0.714. The van der Waals surface area contributed by atoms with Crippen LogP contribution in [0, 0.1) is 0 Å². The monoisotopic (exact) mass is 262 g/mol. The van der Waals surface area contributed by atoms with Crippen LogP contribution in [0.5, 0.6) is 0 Å². The Kier molecular flexibility index (Phi) is 3.82. The van der Waals surface area contributed by atoms with E-state index in [9.17, 15) is 4.79 Å². The lowest BCUT2D eigenvalue weighted by Gasteiger charge is -2.28. The third kappa shape index (κ3) is 2.97. The van der Waals surface area contributed by atoms with Gasteiger partial charge in [0.15, 0.2) is 0 Å². The van der Waals surface area contributed by atoms with Crippen LogP contribution in [0.4, 0.5) is 0 Å². The number of amides is 1. The molecule has 1 atom stereocenters. The molecule has 0 unspecified atom stereocenters. The SMILES string of the molecule is O=C(CN1CC[C@@H](c2ccn[nH]2)C1)N1CCCCC1. The van der Waals surface area contributed by atoms with Crippen LogP contribution in [0.15, 0.2) is 12.3 Å². The number of hydrogen-bond acceptors (Lipinski definition) is 3. The van der Waals surface area contributed by atoms with E-state index >= 15 is 0 Å². The van der Waals surface area contributed by atoms with Crippen LogP contribution in [-0.2, 0) is 4.79 Å². The third-order valence-corrected chi connectivity index (χ3v) is 4.30. The Balaban J connectivity index is 1.50. The van der Waals surface area contributed by atoms with Gasteiger partial charge in [0.1, 0.15) is 0 Å². The number of aromatic nitrogens is 2. The molecular formula is C14H22N4O. The highest BCUT2D eigenvalue weighted by Gasteiger charge is 2.27. The highest BCUT2D eigenvalue weighted by atomic mass is 16.2. The summed E-state index contributed by atoms with van der Waals surface area (Å²) in [7, 11) is 0. The number of hydrogen-bond donors (Lipinski definition) is 1. The molecule has 1 N–H and O–H groups in total. The maximum absolute atomic E-state index is 12.2. The summed E-state index contributed by atoms with van der Waals surface area (Å²) >= 11 is 0. The lowest BCUT2D eigenvalue weighted by molar-refractivity contribution is -0.133. The van der Waals surface area contributed by atoms with Crippen molar-refractivity contribution >= 4 is 5.91 Å². The second kappa shape index (κ2) is 5.74. The zero-order valence-corrected chi connectivity index (χ0v) is 11.3. The summed E-state index contributed by atoms with van der Waals surface area (Å²) < 4.78 is 0. The van der Waals surface area contributed by atoms with E-state index in [0.717, 1.165) is 32.6 Å². The predicted molar refractivity (Wildman–Crippen MR) is 72.8 cm³/mol. The lowest BCUT2D eigenvalue weighted by atomic mass is 10.1. The van der Waals surface area contributed by atoms with Crippen molar-refractivity contribution in [3.05, 3.63) is 18.0 Å². The normalized spacial score (nSPS) is 24.8. The minimum atomic E-state index is 0.310. The molecule has 19 heavy (non-hydrogen) atoms. The Morgan fingerprint density at radius 2 is 2.16 bits per heavy atom. The van der Waals surface area contributed by atoms with Gasteiger partial charge in [-0.25, -0.2) is 0 Å². The van der Waals surface area contributed by atoms with Crippen molar-refractivity contribution in [2.75, 3.05) is 32.7 Å². The average Bonchev–Trinajstić information content (AvgIpc) is 3.10. The molecule has 0 saturated carbocycles. The average molecular weight is 262 g/mol.